The molecule has 8 nitrogen and oxygen atoms in total. The average Bonchev–Trinajstić information content (AvgIpc) is 3.30. The van der Waals surface area contributed by atoms with E-state index in [2.05, 4.69) is 20.1 Å². The number of nitrogens with zero attached hydrogens (tertiary/aromatic N) is 4. The number of thiazole rings is 1. The number of fused-ring (bicyclic) bond motifs is 1. The Labute approximate surface area is 212 Å². The lowest BCUT2D eigenvalue weighted by Gasteiger charge is -2.35. The standard InChI is InChI=1S/C27H25N5O3S/c33-23(29-27-28-21-9-1-2-10-22(21)36-27)17-31-13-11-30(12-14-31)15-16-32-25(34)19-7-3-5-18-6-4-8-20(24(18)19)26(32)35/h1-10H,11-17H2,(H,28,29,33). The molecule has 4 aromatic rings. The molecule has 1 fully saturated rings. The van der Waals surface area contributed by atoms with Gasteiger partial charge in [0.25, 0.3) is 11.8 Å². The Kier molecular flexibility index (Phi) is 5.96. The van der Waals surface area contributed by atoms with Crippen LogP contribution in [0.1, 0.15) is 20.7 Å². The Morgan fingerprint density at radius 3 is 2.19 bits per heavy atom. The number of hydrogen-bond donors (Lipinski definition) is 1. The Balaban J connectivity index is 1.01. The summed E-state index contributed by atoms with van der Waals surface area (Å²) >= 11 is 1.47. The van der Waals surface area contributed by atoms with Gasteiger partial charge in [0.05, 0.1) is 16.8 Å². The number of benzene rings is 3. The third kappa shape index (κ3) is 4.26. The molecule has 0 bridgehead atoms. The van der Waals surface area contributed by atoms with Crippen molar-refractivity contribution in [3.05, 3.63) is 71.8 Å². The van der Waals surface area contributed by atoms with Gasteiger partial charge in [-0.1, -0.05) is 47.7 Å². The molecule has 2 aliphatic heterocycles. The fraction of sp³-hybridized carbons (Fsp3) is 0.259. The molecule has 0 unspecified atom stereocenters. The zero-order valence-corrected chi connectivity index (χ0v) is 20.5. The highest BCUT2D eigenvalue weighted by atomic mass is 32.1. The highest BCUT2D eigenvalue weighted by Gasteiger charge is 2.33. The van der Waals surface area contributed by atoms with E-state index in [1.807, 2.05) is 48.5 Å². The van der Waals surface area contributed by atoms with Crippen molar-refractivity contribution >= 4 is 55.2 Å². The van der Waals surface area contributed by atoms with E-state index in [-0.39, 0.29) is 17.7 Å². The van der Waals surface area contributed by atoms with Crippen LogP contribution >= 0.6 is 11.3 Å². The van der Waals surface area contributed by atoms with Gasteiger partial charge < -0.3 is 5.32 Å². The van der Waals surface area contributed by atoms with E-state index in [4.69, 9.17) is 0 Å². The Bertz CT molecular complexity index is 1410. The second-order valence-electron chi connectivity index (χ2n) is 9.12. The first-order valence-electron chi connectivity index (χ1n) is 12.0. The molecule has 182 valence electrons. The molecule has 36 heavy (non-hydrogen) atoms. The number of nitrogens with one attached hydrogen (secondary N) is 1. The normalized spacial score (nSPS) is 16.7. The maximum Gasteiger partial charge on any atom is 0.261 e. The van der Waals surface area contributed by atoms with E-state index in [9.17, 15) is 14.4 Å². The zero-order valence-electron chi connectivity index (χ0n) is 19.6. The molecule has 0 saturated carbocycles. The summed E-state index contributed by atoms with van der Waals surface area (Å²) < 4.78 is 1.05. The maximum absolute atomic E-state index is 13.1. The topological polar surface area (TPSA) is 85.9 Å². The summed E-state index contributed by atoms with van der Waals surface area (Å²) in [5.74, 6) is -0.524. The summed E-state index contributed by atoms with van der Waals surface area (Å²) in [6.45, 7) is 4.32. The minimum Gasteiger partial charge on any atom is -0.301 e. The van der Waals surface area contributed by atoms with Crippen LogP contribution in [-0.4, -0.2) is 83.2 Å². The second kappa shape index (κ2) is 9.42. The smallest absolute Gasteiger partial charge is 0.261 e. The number of imide groups is 1. The first kappa shape index (κ1) is 22.8. The van der Waals surface area contributed by atoms with E-state index < -0.39 is 0 Å². The van der Waals surface area contributed by atoms with Gasteiger partial charge in [-0.25, -0.2) is 4.98 Å². The van der Waals surface area contributed by atoms with Crippen LogP contribution in [0.15, 0.2) is 60.7 Å². The predicted octanol–water partition coefficient (Wildman–Crippen LogP) is 3.30. The fourth-order valence-corrected chi connectivity index (χ4v) is 5.87. The van der Waals surface area contributed by atoms with Gasteiger partial charge in [-0.3, -0.25) is 29.1 Å². The molecule has 3 aromatic carbocycles. The molecule has 3 amide bonds. The van der Waals surface area contributed by atoms with Gasteiger partial charge in [0, 0.05) is 55.8 Å². The highest BCUT2D eigenvalue weighted by Crippen LogP contribution is 2.30. The Hall–Kier alpha value is -3.66. The van der Waals surface area contributed by atoms with Gasteiger partial charge in [0.1, 0.15) is 0 Å². The summed E-state index contributed by atoms with van der Waals surface area (Å²) in [4.78, 5) is 48.9. The number of piperazine rings is 1. The lowest BCUT2D eigenvalue weighted by Crippen LogP contribution is -2.51. The molecule has 0 spiro atoms. The fourth-order valence-electron chi connectivity index (χ4n) is 4.98. The summed E-state index contributed by atoms with van der Waals surface area (Å²) in [6, 6.07) is 19.0. The molecular weight excluding hydrogens is 474 g/mol. The number of carbonyl (C=O) groups is 3. The minimum atomic E-state index is -0.227. The Morgan fingerprint density at radius 2 is 1.50 bits per heavy atom. The number of rotatable bonds is 6. The average molecular weight is 500 g/mol. The second-order valence-corrected chi connectivity index (χ2v) is 10.2. The number of anilines is 1. The van der Waals surface area contributed by atoms with Crippen LogP contribution in [0.3, 0.4) is 0 Å². The first-order valence-corrected chi connectivity index (χ1v) is 12.9. The molecular formula is C27H25N5O3S. The number of hydrogen-bond acceptors (Lipinski definition) is 7. The van der Waals surface area contributed by atoms with E-state index in [1.165, 1.54) is 16.2 Å². The SMILES string of the molecule is O=C(CN1CCN(CCN2C(=O)c3cccc4cccc(c34)C2=O)CC1)Nc1nc2ccccc2s1. The molecule has 2 aliphatic rings. The minimum absolute atomic E-state index is 0.0696. The molecule has 0 aliphatic carbocycles. The Morgan fingerprint density at radius 1 is 0.833 bits per heavy atom. The predicted molar refractivity (Wildman–Crippen MR) is 140 cm³/mol. The van der Waals surface area contributed by atoms with Crippen molar-refractivity contribution in [2.45, 2.75) is 0 Å². The molecule has 0 atom stereocenters. The molecule has 1 saturated heterocycles. The maximum atomic E-state index is 13.1. The molecule has 0 radical (unpaired) electrons. The van der Waals surface area contributed by atoms with Crippen molar-refractivity contribution in [3.63, 3.8) is 0 Å². The number of carbonyl (C=O) groups excluding carboxylic acids is 3. The molecule has 6 rings (SSSR count). The summed E-state index contributed by atoms with van der Waals surface area (Å²) in [5.41, 5.74) is 2.07. The third-order valence-electron chi connectivity index (χ3n) is 6.87. The molecule has 3 heterocycles. The summed E-state index contributed by atoms with van der Waals surface area (Å²) in [5, 5.41) is 5.20. The van der Waals surface area contributed by atoms with Gasteiger partial charge >= 0.3 is 0 Å². The zero-order chi connectivity index (χ0) is 24.6. The van der Waals surface area contributed by atoms with Gasteiger partial charge in [0.15, 0.2) is 5.13 Å². The quantitative estimate of drug-likeness (QED) is 0.410. The van der Waals surface area contributed by atoms with Gasteiger partial charge in [-0.15, -0.1) is 0 Å². The van der Waals surface area contributed by atoms with Crippen molar-refractivity contribution in [2.24, 2.45) is 0 Å². The first-order chi connectivity index (χ1) is 17.6. The van der Waals surface area contributed by atoms with Gasteiger partial charge in [-0.05, 0) is 29.7 Å². The lowest BCUT2D eigenvalue weighted by molar-refractivity contribution is -0.117. The van der Waals surface area contributed by atoms with E-state index in [0.717, 1.165) is 47.2 Å². The number of aromatic nitrogens is 1. The molecule has 1 N–H and O–H groups in total. The van der Waals surface area contributed by atoms with E-state index in [0.29, 0.717) is 35.9 Å². The van der Waals surface area contributed by atoms with E-state index in [1.54, 1.807) is 12.1 Å². The summed E-state index contributed by atoms with van der Waals surface area (Å²) in [7, 11) is 0. The monoisotopic (exact) mass is 499 g/mol. The molecule has 1 aromatic heterocycles. The van der Waals surface area contributed by atoms with Crippen molar-refractivity contribution in [1.82, 2.24) is 19.7 Å². The summed E-state index contributed by atoms with van der Waals surface area (Å²) in [6.07, 6.45) is 0. The van der Waals surface area contributed by atoms with Crippen LogP contribution in [0, 0.1) is 0 Å². The number of amides is 3. The third-order valence-corrected chi connectivity index (χ3v) is 7.82. The van der Waals surface area contributed by atoms with Gasteiger partial charge in [-0.2, -0.15) is 0 Å². The van der Waals surface area contributed by atoms with Crippen molar-refractivity contribution in [1.29, 1.82) is 0 Å². The van der Waals surface area contributed by atoms with Crippen LogP contribution in [0.25, 0.3) is 21.0 Å². The van der Waals surface area contributed by atoms with Crippen molar-refractivity contribution in [2.75, 3.05) is 51.1 Å². The van der Waals surface area contributed by atoms with E-state index >= 15 is 0 Å². The van der Waals surface area contributed by atoms with Crippen LogP contribution in [0.2, 0.25) is 0 Å². The lowest BCUT2D eigenvalue weighted by atomic mass is 9.94. The van der Waals surface area contributed by atoms with Crippen LogP contribution in [-0.2, 0) is 4.79 Å². The largest absolute Gasteiger partial charge is 0.301 e. The van der Waals surface area contributed by atoms with Crippen molar-refractivity contribution in [3.8, 4) is 0 Å². The van der Waals surface area contributed by atoms with Crippen LogP contribution in [0.5, 0.6) is 0 Å². The van der Waals surface area contributed by atoms with Crippen molar-refractivity contribution < 1.29 is 14.4 Å². The highest BCUT2D eigenvalue weighted by molar-refractivity contribution is 7.22. The van der Waals surface area contributed by atoms with Crippen LogP contribution in [0.4, 0.5) is 5.13 Å². The van der Waals surface area contributed by atoms with Crippen LogP contribution < -0.4 is 5.32 Å². The van der Waals surface area contributed by atoms with Gasteiger partial charge in [0.2, 0.25) is 5.91 Å². The number of para-hydroxylation sites is 1. The molecule has 9 heteroatoms.